The molecule has 0 nitrogen and oxygen atoms in total. The molecule has 0 heteroatoms. The molecule has 0 heterocycles. The summed E-state index contributed by atoms with van der Waals surface area (Å²) in [5.74, 6) is 19.1. The second-order valence-electron chi connectivity index (χ2n) is 27.9. The van der Waals surface area contributed by atoms with Gasteiger partial charge < -0.3 is 0 Å². The fourth-order valence-electron chi connectivity index (χ4n) is 26.5. The molecule has 21 aliphatic rings. The molecule has 2 aromatic carbocycles. The largest absolute Gasteiger partial charge is 0.0985 e. The van der Waals surface area contributed by atoms with E-state index in [9.17, 15) is 0 Å². The van der Waals surface area contributed by atoms with Crippen molar-refractivity contribution in [2.75, 3.05) is 0 Å². The maximum atomic E-state index is 4.20. The fraction of sp³-hybridized carbons (Fsp3) is 0.677. The molecule has 0 unspecified atom stereocenters. The van der Waals surface area contributed by atoms with Gasteiger partial charge in [-0.1, -0.05) is 74.9 Å². The molecule has 0 saturated heterocycles. The highest BCUT2D eigenvalue weighted by atomic mass is 14.9. The first kappa shape index (κ1) is 35.6. The van der Waals surface area contributed by atoms with E-state index >= 15 is 0 Å². The van der Waals surface area contributed by atoms with Gasteiger partial charge in [-0.15, -0.1) is 0 Å². The second-order valence-corrected chi connectivity index (χ2v) is 27.9. The van der Waals surface area contributed by atoms with Gasteiger partial charge in [0.1, 0.15) is 0 Å². The van der Waals surface area contributed by atoms with Crippen molar-refractivity contribution in [3.8, 4) is 0 Å². The number of benzene rings is 2. The van der Waals surface area contributed by atoms with E-state index in [4.69, 9.17) is 0 Å². The van der Waals surface area contributed by atoms with Gasteiger partial charge in [0.2, 0.25) is 0 Å². The van der Waals surface area contributed by atoms with Gasteiger partial charge in [0, 0.05) is 0 Å². The Labute approximate surface area is 373 Å². The van der Waals surface area contributed by atoms with Crippen LogP contribution in [0.15, 0.2) is 62.7 Å². The zero-order valence-electron chi connectivity index (χ0n) is 37.7. The van der Waals surface area contributed by atoms with Crippen molar-refractivity contribution in [1.82, 2.24) is 0 Å². The summed E-state index contributed by atoms with van der Waals surface area (Å²) in [7, 11) is 0. The number of hydrogen-bond acceptors (Lipinski definition) is 0. The molecule has 2 aromatic rings. The van der Waals surface area contributed by atoms with Crippen LogP contribution in [0.5, 0.6) is 0 Å². The van der Waals surface area contributed by atoms with E-state index in [0.717, 1.165) is 117 Å². The van der Waals surface area contributed by atoms with Gasteiger partial charge in [-0.3, -0.25) is 0 Å². The smallest absolute Gasteiger partial charge is 0.00380 e. The van der Waals surface area contributed by atoms with E-state index in [-0.39, 0.29) is 0 Å². The van der Waals surface area contributed by atoms with Gasteiger partial charge >= 0.3 is 0 Å². The van der Waals surface area contributed by atoms with Crippen LogP contribution < -0.4 is 0 Å². The standard InChI is InChI=1S/C62H72/c1-5-33-9-34(6-2)12-37(11-33)57-15-39-45-21-59(22-46(39)41(17-57)47(23-59)40(45)16-57)61-27-51-54-30-62(31-55(51)53(29-61)56(32-62)52(54)28-61)60-24-48-42-18-58(38-13-35(7-3)10-36(8-4)14-38)19-43(48)50(26-60)44(20-58)49(42)25-60/h5-14,39-56H,1-4,15-32H2. The second kappa shape index (κ2) is 10.8. The van der Waals surface area contributed by atoms with Gasteiger partial charge in [0.15, 0.2) is 0 Å². The Bertz CT molecular complexity index is 2040. The summed E-state index contributed by atoms with van der Waals surface area (Å²) >= 11 is 0. The molecule has 62 heavy (non-hydrogen) atoms. The predicted molar refractivity (Wildman–Crippen MR) is 252 cm³/mol. The Hall–Kier alpha value is -2.60. The van der Waals surface area contributed by atoms with Crippen LogP contribution in [0, 0.1) is 128 Å². The molecule has 23 rings (SSSR count). The minimum absolute atomic E-state index is 0.429. The van der Waals surface area contributed by atoms with Crippen LogP contribution in [0.25, 0.3) is 24.3 Å². The van der Waals surface area contributed by atoms with Crippen LogP contribution in [-0.2, 0) is 10.8 Å². The molecule has 0 atom stereocenters. The quantitative estimate of drug-likeness (QED) is 0.249. The molecule has 0 spiro atoms. The van der Waals surface area contributed by atoms with Crippen molar-refractivity contribution in [1.29, 1.82) is 0 Å². The molecule has 24 bridgehead atoms. The lowest BCUT2D eigenvalue weighted by Gasteiger charge is -2.84. The van der Waals surface area contributed by atoms with Crippen LogP contribution in [0.2, 0.25) is 0 Å². The first-order chi connectivity index (χ1) is 30.2. The van der Waals surface area contributed by atoms with E-state index in [2.05, 4.69) is 87.0 Å². The van der Waals surface area contributed by atoms with Gasteiger partial charge in [-0.2, -0.15) is 0 Å². The van der Waals surface area contributed by atoms with E-state index in [1.807, 2.05) is 0 Å². The van der Waals surface area contributed by atoms with E-state index < -0.39 is 0 Å². The molecular weight excluding hydrogens is 745 g/mol. The van der Waals surface area contributed by atoms with E-state index in [0.29, 0.717) is 21.7 Å². The minimum atomic E-state index is 0.429. The van der Waals surface area contributed by atoms with Crippen molar-refractivity contribution in [2.24, 2.45) is 128 Å². The normalized spacial score (nSPS) is 60.1. The zero-order valence-corrected chi connectivity index (χ0v) is 37.7. The monoisotopic (exact) mass is 817 g/mol. The molecule has 21 fully saturated rings. The highest BCUT2D eigenvalue weighted by Gasteiger charge is 2.81. The van der Waals surface area contributed by atoms with Gasteiger partial charge in [-0.25, -0.2) is 0 Å². The van der Waals surface area contributed by atoms with Crippen LogP contribution in [0.4, 0.5) is 0 Å². The summed E-state index contributed by atoms with van der Waals surface area (Å²) in [6.07, 6.45) is 37.5. The molecular formula is C62H72. The highest BCUT2D eigenvalue weighted by Crippen LogP contribution is 2.89. The molecule has 0 aliphatic heterocycles. The lowest BCUT2D eigenvalue weighted by atomic mass is 9.20. The third kappa shape index (κ3) is 3.72. The summed E-state index contributed by atoms with van der Waals surface area (Å²) in [4.78, 5) is 0. The highest BCUT2D eigenvalue weighted by molar-refractivity contribution is 5.60. The van der Waals surface area contributed by atoms with Crippen molar-refractivity contribution < 1.29 is 0 Å². The lowest BCUT2D eigenvalue weighted by Crippen LogP contribution is -2.77. The molecule has 21 saturated carbocycles. The molecule has 320 valence electrons. The molecule has 21 aliphatic carbocycles. The molecule has 0 amide bonds. The Kier molecular flexibility index (Phi) is 6.21. The van der Waals surface area contributed by atoms with E-state index in [1.165, 1.54) is 60.8 Å². The van der Waals surface area contributed by atoms with Gasteiger partial charge in [-0.05, 0) is 300 Å². The van der Waals surface area contributed by atoms with Crippen LogP contribution >= 0.6 is 0 Å². The third-order valence-corrected chi connectivity index (χ3v) is 27.5. The maximum absolute atomic E-state index is 4.20. The summed E-state index contributed by atoms with van der Waals surface area (Å²) < 4.78 is 0. The SMILES string of the molecule is C=Cc1cc(C=C)cc(C23CC4C5CC6(C78CC9C%10CC%11(C%12%13CC%14C%15CC%16(c%17cc(C=C)cc(C=C)c%17)CC%14C(C%12)C(C%16)C%15C%13)CC9C(C7)C(C%11)C%10C8)CC4C(C2)C(C6)C5C3)c1. The van der Waals surface area contributed by atoms with Gasteiger partial charge in [0.05, 0.1) is 0 Å². The molecule has 0 radical (unpaired) electrons. The zero-order chi connectivity index (χ0) is 40.7. The topological polar surface area (TPSA) is 0 Å². The van der Waals surface area contributed by atoms with Crippen molar-refractivity contribution in [3.05, 3.63) is 96.1 Å². The van der Waals surface area contributed by atoms with Crippen molar-refractivity contribution >= 4 is 24.3 Å². The van der Waals surface area contributed by atoms with Crippen LogP contribution in [0.1, 0.15) is 149 Å². The average Bonchev–Trinajstić information content (AvgIpc) is 3.32. The number of rotatable bonds is 8. The van der Waals surface area contributed by atoms with Gasteiger partial charge in [0.25, 0.3) is 0 Å². The predicted octanol–water partition coefficient (Wildman–Crippen LogP) is 14.7. The van der Waals surface area contributed by atoms with Crippen molar-refractivity contribution in [2.45, 2.75) is 126 Å². The summed E-state index contributed by atoms with van der Waals surface area (Å²) in [5, 5.41) is 0. The minimum Gasteiger partial charge on any atom is -0.0985 e. The molecule has 0 N–H and O–H groups in total. The first-order valence-electron chi connectivity index (χ1n) is 27.0. The van der Waals surface area contributed by atoms with Crippen LogP contribution in [0.3, 0.4) is 0 Å². The number of hydrogen-bond donors (Lipinski definition) is 0. The Balaban J connectivity index is 0.653. The molecule has 0 aromatic heterocycles. The summed E-state index contributed by atoms with van der Waals surface area (Å²) in [6, 6.07) is 14.8. The maximum Gasteiger partial charge on any atom is -0.00380 e. The van der Waals surface area contributed by atoms with Crippen LogP contribution in [-0.4, -0.2) is 0 Å². The Morgan fingerprint density at radius 3 is 0.581 bits per heavy atom. The summed E-state index contributed by atoms with van der Waals surface area (Å²) in [6.45, 7) is 16.8. The van der Waals surface area contributed by atoms with E-state index in [1.54, 1.807) is 88.2 Å². The summed E-state index contributed by atoms with van der Waals surface area (Å²) in [5.41, 5.74) is 12.3. The fourth-order valence-corrected chi connectivity index (χ4v) is 26.5. The Morgan fingerprint density at radius 1 is 0.258 bits per heavy atom. The first-order valence-corrected chi connectivity index (χ1v) is 27.0. The third-order valence-electron chi connectivity index (χ3n) is 27.5. The lowest BCUT2D eigenvalue weighted by molar-refractivity contribution is -0.349. The average molecular weight is 817 g/mol. The van der Waals surface area contributed by atoms with Crippen molar-refractivity contribution in [3.63, 3.8) is 0 Å². The Morgan fingerprint density at radius 2 is 0.419 bits per heavy atom.